The number of hydrogen-bond donors (Lipinski definition) is 1. The number of amides is 1. The molecule has 0 aliphatic rings. The number of carbonyl (C=O) groups is 1. The number of hydrogen-bond acceptors (Lipinski definition) is 3. The van der Waals surface area contributed by atoms with E-state index in [4.69, 9.17) is 28.9 Å². The number of benzene rings is 2. The average Bonchev–Trinajstić information content (AvgIpc) is 2.50. The van der Waals surface area contributed by atoms with E-state index < -0.39 is 26.4 Å². The molecule has 0 heterocycles. The van der Waals surface area contributed by atoms with Gasteiger partial charge >= 0.3 is 0 Å². The van der Waals surface area contributed by atoms with Crippen LogP contribution in [0.15, 0.2) is 41.3 Å². The lowest BCUT2D eigenvalue weighted by Crippen LogP contribution is -2.22. The highest BCUT2D eigenvalue weighted by atomic mass is 35.5. The van der Waals surface area contributed by atoms with Gasteiger partial charge in [-0.2, -0.15) is 0 Å². The third-order valence-electron chi connectivity index (χ3n) is 3.77. The molecule has 2 aromatic rings. The molecular weight excluding hydrogens is 381 g/mol. The van der Waals surface area contributed by atoms with Crippen molar-refractivity contribution in [1.82, 2.24) is 0 Å². The Morgan fingerprint density at radius 1 is 1.08 bits per heavy atom. The zero-order valence-corrected chi connectivity index (χ0v) is 16.0. The van der Waals surface area contributed by atoms with Gasteiger partial charge in [-0.1, -0.05) is 47.5 Å². The summed E-state index contributed by atoms with van der Waals surface area (Å²) < 4.78 is 25.3. The highest BCUT2D eigenvalue weighted by molar-refractivity contribution is 7.95. The third kappa shape index (κ3) is 4.84. The molecule has 25 heavy (non-hydrogen) atoms. The van der Waals surface area contributed by atoms with Gasteiger partial charge in [0.1, 0.15) is 4.91 Å². The van der Waals surface area contributed by atoms with Crippen molar-refractivity contribution in [3.8, 4) is 0 Å². The maximum absolute atomic E-state index is 12.7. The van der Waals surface area contributed by atoms with E-state index in [-0.39, 0.29) is 5.02 Å². The molecule has 132 valence electrons. The van der Waals surface area contributed by atoms with Crippen LogP contribution in [0.2, 0.25) is 10.0 Å². The first kappa shape index (κ1) is 19.5. The molecule has 0 aromatic heterocycles. The van der Waals surface area contributed by atoms with E-state index in [0.717, 1.165) is 11.1 Å². The van der Waals surface area contributed by atoms with Crippen LogP contribution in [0.25, 0.3) is 6.08 Å². The molecule has 0 atom stereocenters. The number of halogens is 2. The van der Waals surface area contributed by atoms with Crippen LogP contribution in [0, 0.1) is 13.8 Å². The zero-order valence-electron chi connectivity index (χ0n) is 13.7. The second-order valence-electron chi connectivity index (χ2n) is 5.71. The van der Waals surface area contributed by atoms with Gasteiger partial charge in [0, 0.05) is 10.0 Å². The van der Waals surface area contributed by atoms with Crippen LogP contribution >= 0.6 is 23.2 Å². The second kappa shape index (κ2) is 7.60. The van der Waals surface area contributed by atoms with Crippen LogP contribution in [0.5, 0.6) is 0 Å². The van der Waals surface area contributed by atoms with E-state index in [1.165, 1.54) is 24.3 Å². The third-order valence-corrected chi connectivity index (χ3v) is 6.03. The van der Waals surface area contributed by atoms with Crippen LogP contribution in [0.4, 0.5) is 0 Å². The second-order valence-corrected chi connectivity index (χ2v) is 8.51. The Hall–Kier alpha value is -1.82. The summed E-state index contributed by atoms with van der Waals surface area (Å²) in [6, 6.07) is 9.87. The van der Waals surface area contributed by atoms with Crippen molar-refractivity contribution in [1.29, 1.82) is 0 Å². The SMILES string of the molecule is Cc1ccc(C=C(C(N)=O)S(=O)(=O)Cc2ccc(Cl)cc2Cl)cc1C. The molecule has 0 aliphatic heterocycles. The lowest BCUT2D eigenvalue weighted by Gasteiger charge is -2.09. The Kier molecular flexibility index (Phi) is 5.93. The van der Waals surface area contributed by atoms with Crippen LogP contribution in [-0.4, -0.2) is 14.3 Å². The summed E-state index contributed by atoms with van der Waals surface area (Å²) in [5.41, 5.74) is 8.29. The Morgan fingerprint density at radius 3 is 2.32 bits per heavy atom. The minimum atomic E-state index is -3.97. The summed E-state index contributed by atoms with van der Waals surface area (Å²) in [5.74, 6) is -1.45. The summed E-state index contributed by atoms with van der Waals surface area (Å²) >= 11 is 11.9. The standard InChI is InChI=1S/C18H17Cl2NO3S/c1-11-3-4-13(7-12(11)2)8-17(18(21)22)25(23,24)10-14-5-6-15(19)9-16(14)20/h3-9H,10H2,1-2H3,(H2,21,22). The van der Waals surface area contributed by atoms with Gasteiger partial charge in [0.15, 0.2) is 9.84 Å². The monoisotopic (exact) mass is 397 g/mol. The van der Waals surface area contributed by atoms with Gasteiger partial charge in [-0.15, -0.1) is 0 Å². The quantitative estimate of drug-likeness (QED) is 0.772. The van der Waals surface area contributed by atoms with Crippen molar-refractivity contribution in [2.75, 3.05) is 0 Å². The number of aryl methyl sites for hydroxylation is 2. The van der Waals surface area contributed by atoms with Gasteiger partial charge in [0.2, 0.25) is 0 Å². The largest absolute Gasteiger partial charge is 0.365 e. The van der Waals surface area contributed by atoms with E-state index in [9.17, 15) is 13.2 Å². The minimum Gasteiger partial charge on any atom is -0.365 e. The van der Waals surface area contributed by atoms with Gasteiger partial charge in [0.05, 0.1) is 5.75 Å². The fourth-order valence-electron chi connectivity index (χ4n) is 2.24. The first-order valence-electron chi connectivity index (χ1n) is 7.35. The molecule has 2 aromatic carbocycles. The predicted molar refractivity (Wildman–Crippen MR) is 102 cm³/mol. The maximum Gasteiger partial charge on any atom is 0.260 e. The van der Waals surface area contributed by atoms with Gasteiger partial charge in [0.25, 0.3) is 5.91 Å². The van der Waals surface area contributed by atoms with Crippen LogP contribution in [0.1, 0.15) is 22.3 Å². The average molecular weight is 398 g/mol. The van der Waals surface area contributed by atoms with E-state index in [0.29, 0.717) is 16.1 Å². The highest BCUT2D eigenvalue weighted by Gasteiger charge is 2.24. The van der Waals surface area contributed by atoms with Crippen molar-refractivity contribution < 1.29 is 13.2 Å². The van der Waals surface area contributed by atoms with Crippen molar-refractivity contribution in [3.63, 3.8) is 0 Å². The molecule has 0 spiro atoms. The molecule has 0 saturated heterocycles. The number of rotatable bonds is 5. The molecule has 0 radical (unpaired) electrons. The topological polar surface area (TPSA) is 77.2 Å². The summed E-state index contributed by atoms with van der Waals surface area (Å²) in [4.78, 5) is 11.3. The highest BCUT2D eigenvalue weighted by Crippen LogP contribution is 2.26. The number of primary amides is 1. The Balaban J connectivity index is 2.45. The summed E-state index contributed by atoms with van der Waals surface area (Å²) in [6.07, 6.45) is 1.29. The Morgan fingerprint density at radius 2 is 1.76 bits per heavy atom. The molecule has 2 N–H and O–H groups in total. The fourth-order valence-corrected chi connectivity index (χ4v) is 4.23. The predicted octanol–water partition coefficient (Wildman–Crippen LogP) is 4.05. The number of nitrogens with two attached hydrogens (primary N) is 1. The molecule has 1 amide bonds. The number of sulfone groups is 1. The fraction of sp³-hybridized carbons (Fsp3) is 0.167. The summed E-state index contributed by atoms with van der Waals surface area (Å²) in [6.45, 7) is 3.84. The molecule has 2 rings (SSSR count). The van der Waals surface area contributed by atoms with Gasteiger partial charge in [-0.3, -0.25) is 4.79 Å². The van der Waals surface area contributed by atoms with E-state index in [2.05, 4.69) is 0 Å². The molecule has 0 unspecified atom stereocenters. The minimum absolute atomic E-state index is 0.214. The first-order valence-corrected chi connectivity index (χ1v) is 9.76. The van der Waals surface area contributed by atoms with E-state index in [1.54, 1.807) is 12.1 Å². The van der Waals surface area contributed by atoms with Crippen molar-refractivity contribution in [3.05, 3.63) is 73.6 Å². The smallest absolute Gasteiger partial charge is 0.260 e. The molecule has 0 saturated carbocycles. The van der Waals surface area contributed by atoms with E-state index >= 15 is 0 Å². The van der Waals surface area contributed by atoms with Gasteiger partial charge in [-0.25, -0.2) is 8.42 Å². The molecule has 4 nitrogen and oxygen atoms in total. The lowest BCUT2D eigenvalue weighted by atomic mass is 10.1. The molecule has 0 aliphatic carbocycles. The normalized spacial score (nSPS) is 12.2. The van der Waals surface area contributed by atoms with Crippen LogP contribution < -0.4 is 5.73 Å². The summed E-state index contributed by atoms with van der Waals surface area (Å²) in [7, 11) is -3.97. The van der Waals surface area contributed by atoms with Crippen molar-refractivity contribution in [2.24, 2.45) is 5.73 Å². The molecular formula is C18H17Cl2NO3S. The Bertz CT molecular complexity index is 966. The van der Waals surface area contributed by atoms with Gasteiger partial charge in [-0.05, 0) is 54.3 Å². The maximum atomic E-state index is 12.7. The number of carbonyl (C=O) groups excluding carboxylic acids is 1. The first-order chi connectivity index (χ1) is 11.6. The Labute approximate surface area is 157 Å². The molecule has 7 heteroatoms. The molecule has 0 bridgehead atoms. The van der Waals surface area contributed by atoms with Crippen molar-refractivity contribution in [2.45, 2.75) is 19.6 Å². The van der Waals surface area contributed by atoms with Gasteiger partial charge < -0.3 is 5.73 Å². The summed E-state index contributed by atoms with van der Waals surface area (Å²) in [5, 5.41) is 0.609. The zero-order chi connectivity index (χ0) is 18.8. The van der Waals surface area contributed by atoms with Crippen LogP contribution in [0.3, 0.4) is 0 Å². The molecule has 0 fully saturated rings. The lowest BCUT2D eigenvalue weighted by molar-refractivity contribution is -0.113. The van der Waals surface area contributed by atoms with Crippen LogP contribution in [-0.2, 0) is 20.4 Å². The van der Waals surface area contributed by atoms with E-state index in [1.807, 2.05) is 19.9 Å². The van der Waals surface area contributed by atoms with Crippen molar-refractivity contribution >= 4 is 45.0 Å².